The van der Waals surface area contributed by atoms with Crippen molar-refractivity contribution in [2.24, 2.45) is 11.1 Å². The van der Waals surface area contributed by atoms with E-state index in [1.165, 1.54) is 12.1 Å². The van der Waals surface area contributed by atoms with Crippen molar-refractivity contribution in [1.29, 1.82) is 0 Å². The van der Waals surface area contributed by atoms with E-state index >= 15 is 0 Å². The molecule has 28 heavy (non-hydrogen) atoms. The van der Waals surface area contributed by atoms with Crippen LogP contribution in [0.2, 0.25) is 0 Å². The van der Waals surface area contributed by atoms with Gasteiger partial charge in [0.1, 0.15) is 5.82 Å². The second-order valence-corrected chi connectivity index (χ2v) is 7.12. The van der Waals surface area contributed by atoms with Gasteiger partial charge in [0, 0.05) is 23.7 Å². The lowest BCUT2D eigenvalue weighted by molar-refractivity contribution is -0.231. The molecular formula is C19H21FN6O2. The van der Waals surface area contributed by atoms with Gasteiger partial charge in [-0.25, -0.2) is 19.3 Å². The Bertz CT molecular complexity index is 967. The maximum absolute atomic E-state index is 13.4. The number of aromatic nitrogens is 4. The third-order valence-electron chi connectivity index (χ3n) is 4.65. The molecule has 2 aromatic heterocycles. The number of nitrogens with two attached hydrogens (primary N) is 2. The number of hydrogen-bond acceptors (Lipinski definition) is 7. The number of imidazole rings is 1. The zero-order valence-electron chi connectivity index (χ0n) is 15.4. The fraction of sp³-hybridized carbons (Fsp3) is 0.316. The molecule has 1 aliphatic heterocycles. The summed E-state index contributed by atoms with van der Waals surface area (Å²) in [7, 11) is 0. The van der Waals surface area contributed by atoms with Gasteiger partial charge in [-0.1, -0.05) is 6.92 Å². The van der Waals surface area contributed by atoms with E-state index in [4.69, 9.17) is 20.9 Å². The summed E-state index contributed by atoms with van der Waals surface area (Å²) < 4.78 is 25.0. The zero-order chi connectivity index (χ0) is 19.7. The van der Waals surface area contributed by atoms with Crippen molar-refractivity contribution < 1.29 is 13.9 Å². The highest BCUT2D eigenvalue weighted by molar-refractivity contribution is 5.76. The van der Waals surface area contributed by atoms with Crippen molar-refractivity contribution >= 4 is 5.95 Å². The van der Waals surface area contributed by atoms with Crippen LogP contribution in [0, 0.1) is 11.2 Å². The molecule has 5 N–H and O–H groups in total. The summed E-state index contributed by atoms with van der Waals surface area (Å²) in [5.74, 6) is 0.306. The van der Waals surface area contributed by atoms with Crippen LogP contribution in [0.1, 0.15) is 19.0 Å². The molecule has 3 heterocycles. The fourth-order valence-corrected chi connectivity index (χ4v) is 2.94. The topological polar surface area (TPSA) is 125 Å². The Balaban J connectivity index is 1.73. The van der Waals surface area contributed by atoms with Crippen molar-refractivity contribution in [3.63, 3.8) is 0 Å². The second kappa shape index (κ2) is 7.27. The average molecular weight is 384 g/mol. The molecule has 1 aliphatic rings. The van der Waals surface area contributed by atoms with E-state index in [-0.39, 0.29) is 17.2 Å². The number of nitrogens with zero attached hydrogens (tertiary/aromatic N) is 3. The molecule has 0 unspecified atom stereocenters. The van der Waals surface area contributed by atoms with Crippen molar-refractivity contribution in [2.75, 3.05) is 25.5 Å². The van der Waals surface area contributed by atoms with Gasteiger partial charge in [-0.2, -0.15) is 0 Å². The van der Waals surface area contributed by atoms with Crippen LogP contribution in [0.15, 0.2) is 36.5 Å². The van der Waals surface area contributed by atoms with E-state index in [1.807, 2.05) is 6.92 Å². The number of rotatable bonds is 4. The highest BCUT2D eigenvalue weighted by atomic mass is 19.1. The first-order valence-electron chi connectivity index (χ1n) is 8.85. The first-order chi connectivity index (χ1) is 13.5. The minimum atomic E-state index is -0.660. The highest BCUT2D eigenvalue weighted by Crippen LogP contribution is 2.35. The molecule has 3 aromatic rings. The lowest BCUT2D eigenvalue weighted by atomic mass is 9.93. The first-order valence-corrected chi connectivity index (χ1v) is 8.85. The molecule has 0 atom stereocenters. The van der Waals surface area contributed by atoms with Gasteiger partial charge >= 0.3 is 0 Å². The molecule has 0 aliphatic carbocycles. The molecule has 0 spiro atoms. The average Bonchev–Trinajstić information content (AvgIpc) is 3.14. The Labute approximate surface area is 161 Å². The predicted molar refractivity (Wildman–Crippen MR) is 101 cm³/mol. The summed E-state index contributed by atoms with van der Waals surface area (Å²) in [6.45, 7) is 3.38. The van der Waals surface area contributed by atoms with E-state index in [0.717, 1.165) is 5.56 Å². The van der Waals surface area contributed by atoms with Crippen LogP contribution in [-0.4, -0.2) is 39.7 Å². The Morgan fingerprint density at radius 3 is 2.54 bits per heavy atom. The Hall–Kier alpha value is -2.88. The molecule has 0 saturated carbocycles. The van der Waals surface area contributed by atoms with E-state index < -0.39 is 6.29 Å². The zero-order valence-corrected chi connectivity index (χ0v) is 15.4. The van der Waals surface area contributed by atoms with Crippen molar-refractivity contribution in [3.05, 3.63) is 48.2 Å². The van der Waals surface area contributed by atoms with Crippen molar-refractivity contribution in [3.8, 4) is 22.6 Å². The Kier molecular flexibility index (Phi) is 4.80. The lowest BCUT2D eigenvalue weighted by Gasteiger charge is -2.35. The van der Waals surface area contributed by atoms with Gasteiger partial charge in [0.15, 0.2) is 5.82 Å². The predicted octanol–water partition coefficient (Wildman–Crippen LogP) is 2.27. The third-order valence-corrected chi connectivity index (χ3v) is 4.65. The first kappa shape index (κ1) is 18.5. The molecule has 8 nitrogen and oxygen atoms in total. The van der Waals surface area contributed by atoms with Crippen LogP contribution in [0.3, 0.4) is 0 Å². The largest absolute Gasteiger partial charge is 0.368 e. The molecule has 0 radical (unpaired) electrons. The summed E-state index contributed by atoms with van der Waals surface area (Å²) in [5, 5.41) is 0. The van der Waals surface area contributed by atoms with Crippen molar-refractivity contribution in [1.82, 2.24) is 19.9 Å². The third kappa shape index (κ3) is 3.59. The van der Waals surface area contributed by atoms with Gasteiger partial charge in [-0.3, -0.25) is 0 Å². The van der Waals surface area contributed by atoms with Gasteiger partial charge in [-0.15, -0.1) is 0 Å². The van der Waals surface area contributed by atoms with Gasteiger partial charge in [0.25, 0.3) is 0 Å². The Morgan fingerprint density at radius 2 is 1.89 bits per heavy atom. The molecule has 1 saturated heterocycles. The maximum Gasteiger partial charge on any atom is 0.220 e. The molecule has 4 rings (SSSR count). The van der Waals surface area contributed by atoms with E-state index in [2.05, 4.69) is 19.9 Å². The highest BCUT2D eigenvalue weighted by Gasteiger charge is 2.34. The molecule has 1 fully saturated rings. The van der Waals surface area contributed by atoms with Crippen LogP contribution >= 0.6 is 0 Å². The Morgan fingerprint density at radius 1 is 1.18 bits per heavy atom. The quantitative estimate of drug-likeness (QED) is 0.630. The monoisotopic (exact) mass is 384 g/mol. The molecule has 0 amide bonds. The summed E-state index contributed by atoms with van der Waals surface area (Å²) in [6, 6.07) is 7.77. The number of H-pyrrole nitrogens is 1. The summed E-state index contributed by atoms with van der Waals surface area (Å²) in [5.41, 5.74) is 13.8. The lowest BCUT2D eigenvalue weighted by Crippen LogP contribution is -2.42. The summed E-state index contributed by atoms with van der Waals surface area (Å²) in [6.07, 6.45) is 0.902. The standard InChI is InChI=1S/C19H21FN6O2/c1-19(8-21)9-27-17(28-10-19)16-25-14(11-2-4-12(20)5-3-11)15(26-16)13-6-7-23-18(22)24-13/h2-7,17H,8-10,21H2,1H3,(H,25,26)(H2,22,23,24). The van der Waals surface area contributed by atoms with Gasteiger partial charge < -0.3 is 25.9 Å². The van der Waals surface area contributed by atoms with E-state index in [1.54, 1.807) is 24.4 Å². The van der Waals surface area contributed by atoms with Gasteiger partial charge in [0.2, 0.25) is 12.2 Å². The summed E-state index contributed by atoms with van der Waals surface area (Å²) >= 11 is 0. The number of aromatic amines is 1. The minimum absolute atomic E-state index is 0.141. The number of hydrogen-bond donors (Lipinski definition) is 3. The normalized spacial score (nSPS) is 22.3. The number of nitrogen functional groups attached to an aromatic ring is 1. The molecule has 146 valence electrons. The van der Waals surface area contributed by atoms with Crippen molar-refractivity contribution in [2.45, 2.75) is 13.2 Å². The van der Waals surface area contributed by atoms with Gasteiger partial charge in [-0.05, 0) is 30.3 Å². The second-order valence-electron chi connectivity index (χ2n) is 7.12. The summed E-state index contributed by atoms with van der Waals surface area (Å²) in [4.78, 5) is 16.1. The van der Waals surface area contributed by atoms with Crippen LogP contribution < -0.4 is 11.5 Å². The van der Waals surface area contributed by atoms with Crippen LogP contribution in [-0.2, 0) is 9.47 Å². The maximum atomic E-state index is 13.4. The van der Waals surface area contributed by atoms with E-state index in [9.17, 15) is 4.39 Å². The molecule has 0 bridgehead atoms. The minimum Gasteiger partial charge on any atom is -0.368 e. The molecular weight excluding hydrogens is 363 g/mol. The number of halogens is 1. The number of nitrogens with one attached hydrogen (secondary N) is 1. The number of benzene rings is 1. The van der Waals surface area contributed by atoms with E-state index in [0.29, 0.717) is 42.7 Å². The smallest absolute Gasteiger partial charge is 0.220 e. The molecule has 9 heteroatoms. The van der Waals surface area contributed by atoms with Crippen LogP contribution in [0.25, 0.3) is 22.6 Å². The number of anilines is 1. The SMILES string of the molecule is CC1(CN)COC(c2nc(-c3ccc(F)cc3)c(-c3ccnc(N)n3)[nH]2)OC1. The number of ether oxygens (including phenoxy) is 2. The van der Waals surface area contributed by atoms with Gasteiger partial charge in [0.05, 0.1) is 30.3 Å². The molecule has 1 aromatic carbocycles. The van der Waals surface area contributed by atoms with Crippen LogP contribution in [0.5, 0.6) is 0 Å². The van der Waals surface area contributed by atoms with Crippen LogP contribution in [0.4, 0.5) is 10.3 Å². The fourth-order valence-electron chi connectivity index (χ4n) is 2.94.